The van der Waals surface area contributed by atoms with Gasteiger partial charge in [0.25, 0.3) is 0 Å². The second-order valence-electron chi connectivity index (χ2n) is 2.39. The van der Waals surface area contributed by atoms with Gasteiger partial charge < -0.3 is 9.63 Å². The molecule has 0 amide bonds. The first-order valence-electron chi connectivity index (χ1n) is 3.93. The normalized spacial score (nSPS) is 9.85. The molecule has 1 rings (SSSR count). The molecule has 5 heteroatoms. The Morgan fingerprint density at radius 3 is 3.15 bits per heavy atom. The first-order chi connectivity index (χ1) is 6.36. The van der Waals surface area contributed by atoms with Crippen LogP contribution in [0.2, 0.25) is 0 Å². The molecule has 5 nitrogen and oxygen atoms in total. The minimum absolute atomic E-state index is 0.0246. The summed E-state index contributed by atoms with van der Waals surface area (Å²) in [4.78, 5) is 4.00. The van der Waals surface area contributed by atoms with E-state index < -0.39 is 0 Å². The Balaban J connectivity index is 2.36. The molecule has 0 fully saturated rings. The van der Waals surface area contributed by atoms with Gasteiger partial charge in [-0.1, -0.05) is 11.1 Å². The summed E-state index contributed by atoms with van der Waals surface area (Å²) in [7, 11) is 0. The maximum Gasteiger partial charge on any atom is 0.240 e. The van der Waals surface area contributed by atoms with Crippen molar-refractivity contribution in [2.75, 3.05) is 13.2 Å². The number of hydrogen-bond donors (Lipinski definition) is 2. The minimum Gasteiger partial charge on any atom is -0.396 e. The molecule has 0 aliphatic heterocycles. The Hall–Kier alpha value is -1.38. The van der Waals surface area contributed by atoms with Gasteiger partial charge in [0.05, 0.1) is 19.7 Å². The van der Waals surface area contributed by atoms with Crippen LogP contribution in [0.4, 0.5) is 0 Å². The molecule has 0 unspecified atom stereocenters. The van der Waals surface area contributed by atoms with Crippen LogP contribution >= 0.6 is 0 Å². The van der Waals surface area contributed by atoms with Gasteiger partial charge >= 0.3 is 0 Å². The number of hydrogen-bond acceptors (Lipinski definition) is 5. The van der Waals surface area contributed by atoms with E-state index in [1.165, 1.54) is 0 Å². The van der Waals surface area contributed by atoms with Gasteiger partial charge in [-0.15, -0.1) is 6.42 Å². The lowest BCUT2D eigenvalue weighted by atomic mass is 10.4. The molecule has 0 aliphatic rings. The van der Waals surface area contributed by atoms with Crippen LogP contribution in [0.15, 0.2) is 4.52 Å². The smallest absolute Gasteiger partial charge is 0.240 e. The van der Waals surface area contributed by atoms with Crippen molar-refractivity contribution in [3.05, 3.63) is 11.7 Å². The molecule has 1 aromatic heterocycles. The van der Waals surface area contributed by atoms with Gasteiger partial charge in [-0.3, -0.25) is 5.32 Å². The third-order valence-electron chi connectivity index (χ3n) is 1.35. The van der Waals surface area contributed by atoms with Crippen molar-refractivity contribution in [3.63, 3.8) is 0 Å². The molecule has 0 saturated heterocycles. The van der Waals surface area contributed by atoms with E-state index in [0.29, 0.717) is 31.2 Å². The lowest BCUT2D eigenvalue weighted by molar-refractivity contribution is 0.292. The highest BCUT2D eigenvalue weighted by Gasteiger charge is 2.03. The molecule has 0 atom stereocenters. The van der Waals surface area contributed by atoms with E-state index in [1.807, 2.05) is 0 Å². The summed E-state index contributed by atoms with van der Waals surface area (Å²) in [6.45, 7) is 0.955. The first-order valence-corrected chi connectivity index (χ1v) is 3.93. The Labute approximate surface area is 76.1 Å². The quantitative estimate of drug-likeness (QED) is 0.465. The maximum atomic E-state index is 8.58. The first kappa shape index (κ1) is 9.71. The van der Waals surface area contributed by atoms with E-state index in [-0.39, 0.29) is 6.61 Å². The number of nitrogens with one attached hydrogen (secondary N) is 1. The fourth-order valence-corrected chi connectivity index (χ4v) is 0.805. The van der Waals surface area contributed by atoms with Crippen LogP contribution in [0.3, 0.4) is 0 Å². The van der Waals surface area contributed by atoms with E-state index >= 15 is 0 Å². The molecule has 1 aromatic rings. The summed E-state index contributed by atoms with van der Waals surface area (Å²) in [5.74, 6) is 3.43. The summed E-state index contributed by atoms with van der Waals surface area (Å²) >= 11 is 0. The number of aliphatic hydroxyl groups excluding tert-OH is 1. The van der Waals surface area contributed by atoms with Gasteiger partial charge in [-0.25, -0.2) is 0 Å². The molecule has 0 aromatic carbocycles. The van der Waals surface area contributed by atoms with Crippen molar-refractivity contribution in [1.29, 1.82) is 0 Å². The molecule has 0 radical (unpaired) electrons. The summed E-state index contributed by atoms with van der Waals surface area (Å²) in [6.07, 6.45) is 5.45. The van der Waals surface area contributed by atoms with Gasteiger partial charge in [0.2, 0.25) is 5.89 Å². The number of rotatable bonds is 5. The molecule has 0 spiro atoms. The largest absolute Gasteiger partial charge is 0.396 e. The van der Waals surface area contributed by atoms with E-state index in [9.17, 15) is 0 Å². The highest BCUT2D eigenvalue weighted by Crippen LogP contribution is 1.96. The van der Waals surface area contributed by atoms with Crippen LogP contribution in [0.25, 0.3) is 0 Å². The zero-order valence-corrected chi connectivity index (χ0v) is 7.16. The average molecular weight is 181 g/mol. The molecular weight excluding hydrogens is 170 g/mol. The molecular formula is C8H11N3O2. The van der Waals surface area contributed by atoms with Gasteiger partial charge in [0, 0.05) is 6.42 Å². The van der Waals surface area contributed by atoms with E-state index in [2.05, 4.69) is 21.4 Å². The Kier molecular flexibility index (Phi) is 3.96. The summed E-state index contributed by atoms with van der Waals surface area (Å²) in [5.41, 5.74) is 0. The summed E-state index contributed by atoms with van der Waals surface area (Å²) in [5, 5.41) is 15.1. The zero-order chi connectivity index (χ0) is 9.52. The molecule has 0 saturated carbocycles. The number of terminal acetylenes is 1. The van der Waals surface area contributed by atoms with Crippen LogP contribution < -0.4 is 5.32 Å². The maximum absolute atomic E-state index is 8.58. The predicted octanol–water partition coefficient (Wildman–Crippen LogP) is -0.673. The Morgan fingerprint density at radius 2 is 2.46 bits per heavy atom. The van der Waals surface area contributed by atoms with Crippen LogP contribution in [0.5, 0.6) is 0 Å². The highest BCUT2D eigenvalue weighted by molar-refractivity contribution is 4.89. The van der Waals surface area contributed by atoms with Crippen molar-refractivity contribution in [2.45, 2.75) is 13.0 Å². The fraction of sp³-hybridized carbons (Fsp3) is 0.500. The topological polar surface area (TPSA) is 71.2 Å². The van der Waals surface area contributed by atoms with Gasteiger partial charge in [0.1, 0.15) is 0 Å². The lowest BCUT2D eigenvalue weighted by Gasteiger charge is -1.91. The predicted molar refractivity (Wildman–Crippen MR) is 45.6 cm³/mol. The lowest BCUT2D eigenvalue weighted by Crippen LogP contribution is -2.13. The monoisotopic (exact) mass is 181 g/mol. The third-order valence-corrected chi connectivity index (χ3v) is 1.35. The molecule has 70 valence electrons. The van der Waals surface area contributed by atoms with Gasteiger partial charge in [-0.2, -0.15) is 4.98 Å². The standard InChI is InChI=1S/C8H11N3O2/c1-2-4-9-6-8-10-7(3-5-12)11-13-8/h1,9,12H,3-6H2. The van der Waals surface area contributed by atoms with Crippen molar-refractivity contribution in [3.8, 4) is 12.3 Å². The van der Waals surface area contributed by atoms with E-state index in [4.69, 9.17) is 16.1 Å². The van der Waals surface area contributed by atoms with Crippen molar-refractivity contribution >= 4 is 0 Å². The summed E-state index contributed by atoms with van der Waals surface area (Å²) < 4.78 is 4.86. The summed E-state index contributed by atoms with van der Waals surface area (Å²) in [6, 6.07) is 0. The van der Waals surface area contributed by atoms with Crippen molar-refractivity contribution in [1.82, 2.24) is 15.5 Å². The zero-order valence-electron chi connectivity index (χ0n) is 7.16. The highest BCUT2D eigenvalue weighted by atomic mass is 16.5. The number of aromatic nitrogens is 2. The number of aliphatic hydroxyl groups is 1. The molecule has 13 heavy (non-hydrogen) atoms. The molecule has 2 N–H and O–H groups in total. The van der Waals surface area contributed by atoms with Gasteiger partial charge in [-0.05, 0) is 0 Å². The fourth-order valence-electron chi connectivity index (χ4n) is 0.805. The second kappa shape index (κ2) is 5.30. The SMILES string of the molecule is C#CCNCc1nc(CCO)no1. The van der Waals surface area contributed by atoms with Crippen LogP contribution in [-0.4, -0.2) is 28.4 Å². The van der Waals surface area contributed by atoms with Gasteiger partial charge in [0.15, 0.2) is 5.82 Å². The average Bonchev–Trinajstić information content (AvgIpc) is 2.54. The number of nitrogens with zero attached hydrogens (tertiary/aromatic N) is 2. The van der Waals surface area contributed by atoms with E-state index in [1.54, 1.807) is 0 Å². The second-order valence-corrected chi connectivity index (χ2v) is 2.39. The Morgan fingerprint density at radius 1 is 1.62 bits per heavy atom. The van der Waals surface area contributed by atoms with Crippen LogP contribution in [0, 0.1) is 12.3 Å². The van der Waals surface area contributed by atoms with Crippen molar-refractivity contribution in [2.24, 2.45) is 0 Å². The molecule has 1 heterocycles. The van der Waals surface area contributed by atoms with Crippen LogP contribution in [-0.2, 0) is 13.0 Å². The Bertz CT molecular complexity index is 290. The molecule has 0 bridgehead atoms. The van der Waals surface area contributed by atoms with Crippen molar-refractivity contribution < 1.29 is 9.63 Å². The third kappa shape index (κ3) is 3.23. The van der Waals surface area contributed by atoms with E-state index in [0.717, 1.165) is 0 Å². The minimum atomic E-state index is 0.0246. The van der Waals surface area contributed by atoms with Crippen LogP contribution in [0.1, 0.15) is 11.7 Å². The molecule has 0 aliphatic carbocycles.